The van der Waals surface area contributed by atoms with Gasteiger partial charge in [-0.25, -0.2) is 0 Å². The summed E-state index contributed by atoms with van der Waals surface area (Å²) >= 11 is -1.89. The zero-order valence-corrected chi connectivity index (χ0v) is 14.0. The first kappa shape index (κ1) is 14.6. The summed E-state index contributed by atoms with van der Waals surface area (Å²) < 4.78 is 3.47. The number of para-hydroxylation sites is 3. The van der Waals surface area contributed by atoms with Crippen LogP contribution in [-0.4, -0.2) is 14.7 Å². The number of anilines is 3. The molecule has 0 radical (unpaired) electrons. The molecule has 3 nitrogen and oxygen atoms in total. The Kier molecular flexibility index (Phi) is 4.08. The Labute approximate surface area is 135 Å². The molecular weight excluding hydrogens is 333 g/mol. The molecule has 0 bridgehead atoms. The summed E-state index contributed by atoms with van der Waals surface area (Å²) in [5.74, 6) is 0. The van der Waals surface area contributed by atoms with E-state index in [1.807, 2.05) is 54.6 Å². The molecular formula is C18H18AsN3. The second kappa shape index (κ2) is 6.16. The molecule has 0 saturated carbocycles. The van der Waals surface area contributed by atoms with Gasteiger partial charge < -0.3 is 0 Å². The predicted molar refractivity (Wildman–Crippen MR) is 97.2 cm³/mol. The van der Waals surface area contributed by atoms with Crippen molar-refractivity contribution in [3.8, 4) is 0 Å². The molecule has 0 atom stereocenters. The summed E-state index contributed by atoms with van der Waals surface area (Å²) in [4.78, 5) is 0. The van der Waals surface area contributed by atoms with Crippen LogP contribution < -0.4 is 30.3 Å². The third kappa shape index (κ3) is 2.68. The minimum absolute atomic E-state index is 0.800. The molecule has 0 saturated heterocycles. The normalized spacial score (nSPS) is 10.8. The van der Waals surface area contributed by atoms with Crippen molar-refractivity contribution in [3.05, 3.63) is 72.8 Å². The monoisotopic (exact) mass is 351 g/mol. The van der Waals surface area contributed by atoms with Gasteiger partial charge in [-0.3, -0.25) is 0 Å². The van der Waals surface area contributed by atoms with Gasteiger partial charge in [0.15, 0.2) is 0 Å². The van der Waals surface area contributed by atoms with Crippen molar-refractivity contribution in [1.29, 1.82) is 0 Å². The molecule has 0 heterocycles. The molecule has 4 heteroatoms. The fourth-order valence-electron chi connectivity index (χ4n) is 2.46. The topological polar surface area (TPSA) is 78.1 Å². The quantitative estimate of drug-likeness (QED) is 0.486. The van der Waals surface area contributed by atoms with E-state index in [0.29, 0.717) is 0 Å². The van der Waals surface area contributed by atoms with Crippen LogP contribution >= 0.6 is 0 Å². The maximum atomic E-state index is 6.25. The standard InChI is InChI=1S/C18H18AsN3/c20-16-10-4-1-7-13(16)19(14-8-2-5-11-17(14)21)15-9-3-6-12-18(15)22/h1-12H,20-22H2. The van der Waals surface area contributed by atoms with Gasteiger partial charge >= 0.3 is 135 Å². The summed E-state index contributed by atoms with van der Waals surface area (Å²) in [5, 5.41) is 0. The van der Waals surface area contributed by atoms with Gasteiger partial charge in [-0.05, 0) is 0 Å². The molecule has 3 aromatic carbocycles. The van der Waals surface area contributed by atoms with Gasteiger partial charge in [0.25, 0.3) is 0 Å². The average Bonchev–Trinajstić information content (AvgIpc) is 2.53. The third-order valence-electron chi connectivity index (χ3n) is 3.53. The second-order valence-corrected chi connectivity index (χ2v) is 9.45. The van der Waals surface area contributed by atoms with Crippen molar-refractivity contribution in [2.24, 2.45) is 0 Å². The van der Waals surface area contributed by atoms with Crippen LogP contribution in [0, 0.1) is 0 Å². The molecule has 0 amide bonds. The molecule has 0 aromatic heterocycles. The van der Waals surface area contributed by atoms with Crippen LogP contribution in [0.15, 0.2) is 72.8 Å². The zero-order chi connectivity index (χ0) is 15.5. The summed E-state index contributed by atoms with van der Waals surface area (Å²) in [6.07, 6.45) is 0. The summed E-state index contributed by atoms with van der Waals surface area (Å²) in [7, 11) is 0. The van der Waals surface area contributed by atoms with Gasteiger partial charge in [-0.2, -0.15) is 0 Å². The van der Waals surface area contributed by atoms with Crippen molar-refractivity contribution in [2.45, 2.75) is 0 Å². The van der Waals surface area contributed by atoms with E-state index in [0.717, 1.165) is 30.1 Å². The summed E-state index contributed by atoms with van der Waals surface area (Å²) in [5.41, 5.74) is 21.2. The average molecular weight is 351 g/mol. The van der Waals surface area contributed by atoms with Crippen molar-refractivity contribution in [2.75, 3.05) is 17.2 Å². The van der Waals surface area contributed by atoms with Crippen molar-refractivity contribution in [3.63, 3.8) is 0 Å². The van der Waals surface area contributed by atoms with Crippen molar-refractivity contribution >= 4 is 44.8 Å². The molecule has 0 aliphatic carbocycles. The van der Waals surface area contributed by atoms with Gasteiger partial charge in [0.1, 0.15) is 0 Å². The number of hydrogen-bond donors (Lipinski definition) is 3. The Morgan fingerprint density at radius 1 is 0.455 bits per heavy atom. The molecule has 0 spiro atoms. The second-order valence-electron chi connectivity index (χ2n) is 5.01. The number of nitrogens with two attached hydrogens (primary N) is 3. The maximum absolute atomic E-state index is 6.25. The molecule has 0 unspecified atom stereocenters. The zero-order valence-electron chi connectivity index (χ0n) is 12.1. The Morgan fingerprint density at radius 2 is 0.727 bits per heavy atom. The molecule has 110 valence electrons. The Hall–Kier alpha value is -2.38. The van der Waals surface area contributed by atoms with E-state index in [9.17, 15) is 0 Å². The van der Waals surface area contributed by atoms with Crippen molar-refractivity contribution in [1.82, 2.24) is 0 Å². The van der Waals surface area contributed by atoms with E-state index in [1.54, 1.807) is 0 Å². The van der Waals surface area contributed by atoms with Gasteiger partial charge in [0.05, 0.1) is 0 Å². The Balaban J connectivity index is 2.27. The number of hydrogen-bond acceptors (Lipinski definition) is 3. The van der Waals surface area contributed by atoms with E-state index < -0.39 is 14.7 Å². The first-order chi connectivity index (χ1) is 10.7. The Morgan fingerprint density at radius 3 is 1.00 bits per heavy atom. The molecule has 6 N–H and O–H groups in total. The molecule has 3 aromatic rings. The van der Waals surface area contributed by atoms with Crippen LogP contribution in [0.2, 0.25) is 0 Å². The van der Waals surface area contributed by atoms with E-state index in [4.69, 9.17) is 17.2 Å². The fraction of sp³-hybridized carbons (Fsp3) is 0. The van der Waals surface area contributed by atoms with Crippen LogP contribution in [0.4, 0.5) is 17.1 Å². The molecule has 0 fully saturated rings. The van der Waals surface area contributed by atoms with Gasteiger partial charge in [0, 0.05) is 0 Å². The van der Waals surface area contributed by atoms with Crippen LogP contribution in [0.5, 0.6) is 0 Å². The third-order valence-corrected chi connectivity index (χ3v) is 9.13. The minimum atomic E-state index is -1.89. The van der Waals surface area contributed by atoms with E-state index in [-0.39, 0.29) is 0 Å². The summed E-state index contributed by atoms with van der Waals surface area (Å²) in [6, 6.07) is 24.0. The van der Waals surface area contributed by atoms with Crippen LogP contribution in [0.1, 0.15) is 0 Å². The molecule has 0 aliphatic rings. The van der Waals surface area contributed by atoms with Crippen molar-refractivity contribution < 1.29 is 0 Å². The van der Waals surface area contributed by atoms with Gasteiger partial charge in [0.2, 0.25) is 0 Å². The number of rotatable bonds is 3. The first-order valence-corrected chi connectivity index (χ1v) is 9.83. The van der Waals surface area contributed by atoms with E-state index in [1.165, 1.54) is 0 Å². The number of benzene rings is 3. The van der Waals surface area contributed by atoms with E-state index >= 15 is 0 Å². The molecule has 0 aliphatic heterocycles. The number of nitrogen functional groups attached to an aromatic ring is 3. The molecule has 22 heavy (non-hydrogen) atoms. The summed E-state index contributed by atoms with van der Waals surface area (Å²) in [6.45, 7) is 0. The predicted octanol–water partition coefficient (Wildman–Crippen LogP) is 0.949. The van der Waals surface area contributed by atoms with E-state index in [2.05, 4.69) is 18.2 Å². The first-order valence-electron chi connectivity index (χ1n) is 7.02. The fourth-order valence-corrected chi connectivity index (χ4v) is 7.67. The van der Waals surface area contributed by atoms with Gasteiger partial charge in [-0.1, -0.05) is 0 Å². The molecule has 3 rings (SSSR count). The van der Waals surface area contributed by atoms with Gasteiger partial charge in [-0.15, -0.1) is 0 Å². The van der Waals surface area contributed by atoms with Crippen LogP contribution in [0.3, 0.4) is 0 Å². The SMILES string of the molecule is Nc1ccccc1[As](c1ccccc1N)c1ccccc1N. The van der Waals surface area contributed by atoms with Crippen LogP contribution in [-0.2, 0) is 0 Å². The Bertz CT molecular complexity index is 693. The van der Waals surface area contributed by atoms with Crippen LogP contribution in [0.25, 0.3) is 0 Å².